The molecule has 2 aromatic rings. The molecule has 1 saturated heterocycles. The number of nitrogens with one attached hydrogen (secondary N) is 3. The first-order chi connectivity index (χ1) is 27.0. The first-order valence-electron chi connectivity index (χ1n) is 20.1. The van der Waals surface area contributed by atoms with E-state index in [1.165, 1.54) is 15.4 Å². The van der Waals surface area contributed by atoms with E-state index < -0.39 is 68.7 Å². The van der Waals surface area contributed by atoms with E-state index in [1.807, 2.05) is 12.2 Å². The number of nitrogens with zero attached hydrogens (tertiary/aromatic N) is 3. The number of carbonyl (C=O) groups is 4. The third kappa shape index (κ3) is 7.55. The molecule has 2 aliphatic heterocycles. The zero-order chi connectivity index (χ0) is 39.2. The van der Waals surface area contributed by atoms with E-state index in [2.05, 4.69) is 21.9 Å². The van der Waals surface area contributed by atoms with Crippen LogP contribution in [0.1, 0.15) is 89.0 Å². The number of aromatic nitrogens is 2. The van der Waals surface area contributed by atoms with Gasteiger partial charge in [0.2, 0.25) is 27.7 Å². The third-order valence-electron chi connectivity index (χ3n) is 12.6. The van der Waals surface area contributed by atoms with Crippen molar-refractivity contribution in [3.8, 4) is 5.88 Å². The van der Waals surface area contributed by atoms with Crippen LogP contribution in [-0.4, -0.2) is 88.1 Å². The predicted molar refractivity (Wildman–Crippen MR) is 204 cm³/mol. The van der Waals surface area contributed by atoms with Crippen LogP contribution in [0.15, 0.2) is 54.0 Å². The standard InChI is InChI=1S/C40H50N6O9S/c1-2-26-22-40(26,38(50)44-56(52,53)28-18-19-28)43-34(47)30-21-27-23-46(30)37(49)33(25-12-6-7-13-25)42-39(51)55-31-16-10-14-24(31)11-4-3-5-15-29-35(54-27)41-32-17-8-9-20-45(32)36(29)48/h2-3,5,8-9,17,20,24-28,30-31,33H,1,4,6-7,10-16,18-19,21-23H2,(H,42,51)(H,43,47)(H,44,50)/b5-3+/t24-,26-,27-,30+,31-,33+,40-/m1/s1. The van der Waals surface area contributed by atoms with Crippen molar-refractivity contribution in [2.45, 2.75) is 125 Å². The van der Waals surface area contributed by atoms with Gasteiger partial charge in [-0.2, -0.15) is 4.98 Å². The van der Waals surface area contributed by atoms with Crippen molar-refractivity contribution < 1.29 is 37.1 Å². The van der Waals surface area contributed by atoms with Gasteiger partial charge in [0.15, 0.2) is 0 Å². The Morgan fingerprint density at radius 1 is 0.982 bits per heavy atom. The molecule has 0 spiro atoms. The average Bonchev–Trinajstić information content (AvgIpc) is 3.96. The molecule has 6 aliphatic rings. The Labute approximate surface area is 325 Å². The van der Waals surface area contributed by atoms with Crippen LogP contribution in [-0.2, 0) is 35.6 Å². The molecule has 4 amide bonds. The van der Waals surface area contributed by atoms with Gasteiger partial charge in [-0.15, -0.1) is 6.58 Å². The van der Waals surface area contributed by atoms with Gasteiger partial charge in [-0.25, -0.2) is 13.2 Å². The third-order valence-corrected chi connectivity index (χ3v) is 14.4. The lowest BCUT2D eigenvalue weighted by molar-refractivity contribution is -0.142. The summed E-state index contributed by atoms with van der Waals surface area (Å²) in [5, 5.41) is 5.08. The molecule has 56 heavy (non-hydrogen) atoms. The lowest BCUT2D eigenvalue weighted by Gasteiger charge is -2.32. The highest BCUT2D eigenvalue weighted by Crippen LogP contribution is 2.45. The molecule has 4 aliphatic carbocycles. The van der Waals surface area contributed by atoms with E-state index in [9.17, 15) is 32.4 Å². The van der Waals surface area contributed by atoms with Crippen molar-refractivity contribution in [1.29, 1.82) is 0 Å². The summed E-state index contributed by atoms with van der Waals surface area (Å²) in [6.45, 7) is 3.72. The fraction of sp³-hybridized carbons (Fsp3) is 0.600. The van der Waals surface area contributed by atoms with E-state index in [4.69, 9.17) is 14.5 Å². The number of carbonyl (C=O) groups excluding carboxylic acids is 4. The average molecular weight is 791 g/mol. The molecule has 8 rings (SSSR count). The minimum absolute atomic E-state index is 0.0227. The molecule has 0 radical (unpaired) electrons. The highest BCUT2D eigenvalue weighted by atomic mass is 32.2. The number of ether oxygens (including phenoxy) is 2. The van der Waals surface area contributed by atoms with Gasteiger partial charge in [0, 0.05) is 25.0 Å². The zero-order valence-electron chi connectivity index (χ0n) is 31.4. The van der Waals surface area contributed by atoms with E-state index in [1.54, 1.807) is 24.4 Å². The van der Waals surface area contributed by atoms with E-state index in [0.29, 0.717) is 36.9 Å². The normalized spacial score (nSPS) is 31.8. The second-order valence-electron chi connectivity index (χ2n) is 16.3. The fourth-order valence-electron chi connectivity index (χ4n) is 9.20. The summed E-state index contributed by atoms with van der Waals surface area (Å²) in [5.74, 6) is -2.48. The summed E-state index contributed by atoms with van der Waals surface area (Å²) in [4.78, 5) is 76.4. The van der Waals surface area contributed by atoms with E-state index in [0.717, 1.165) is 44.9 Å². The van der Waals surface area contributed by atoms with Crippen molar-refractivity contribution in [2.75, 3.05) is 6.54 Å². The van der Waals surface area contributed by atoms with Gasteiger partial charge in [-0.3, -0.25) is 28.3 Å². The van der Waals surface area contributed by atoms with Gasteiger partial charge in [-0.1, -0.05) is 37.1 Å². The number of rotatable bonds is 7. The summed E-state index contributed by atoms with van der Waals surface area (Å²) in [6.07, 6.45) is 13.8. The lowest BCUT2D eigenvalue weighted by atomic mass is 9.96. The minimum atomic E-state index is -3.92. The quantitative estimate of drug-likeness (QED) is 0.351. The number of alkyl carbamates (subject to hydrolysis) is 1. The van der Waals surface area contributed by atoms with Crippen molar-refractivity contribution in [3.05, 3.63) is 65.1 Å². The van der Waals surface area contributed by atoms with Crippen LogP contribution in [0.25, 0.3) is 5.65 Å². The molecule has 5 fully saturated rings. The maximum Gasteiger partial charge on any atom is 0.408 e. The Balaban J connectivity index is 1.14. The second-order valence-corrected chi connectivity index (χ2v) is 18.3. The minimum Gasteiger partial charge on any atom is -0.472 e. The van der Waals surface area contributed by atoms with Crippen molar-refractivity contribution in [1.82, 2.24) is 29.6 Å². The summed E-state index contributed by atoms with van der Waals surface area (Å²) in [5.41, 5.74) is -1.16. The summed E-state index contributed by atoms with van der Waals surface area (Å²) >= 11 is 0. The van der Waals surface area contributed by atoms with Gasteiger partial charge >= 0.3 is 6.09 Å². The number of pyridine rings is 1. The lowest BCUT2D eigenvalue weighted by Crippen LogP contribution is -2.59. The molecule has 4 heterocycles. The van der Waals surface area contributed by atoms with Crippen LogP contribution in [0, 0.1) is 17.8 Å². The Kier molecular flexibility index (Phi) is 10.4. The molecule has 3 N–H and O–H groups in total. The number of allylic oxidation sites excluding steroid dienone is 2. The van der Waals surface area contributed by atoms with Gasteiger partial charge in [-0.05, 0) is 88.2 Å². The Morgan fingerprint density at radius 2 is 1.77 bits per heavy atom. The Hall–Kier alpha value is -4.73. The highest BCUT2D eigenvalue weighted by molar-refractivity contribution is 7.91. The molecule has 0 unspecified atom stereocenters. The number of sulfonamides is 1. The van der Waals surface area contributed by atoms with Gasteiger partial charge in [0.05, 0.1) is 17.4 Å². The summed E-state index contributed by atoms with van der Waals surface area (Å²) in [6, 6.07) is 3.05. The Bertz CT molecular complexity index is 2110. The smallest absolute Gasteiger partial charge is 0.408 e. The number of hydrogen-bond donors (Lipinski definition) is 3. The second kappa shape index (κ2) is 15.3. The van der Waals surface area contributed by atoms with Crippen LogP contribution in [0.3, 0.4) is 0 Å². The number of amides is 4. The van der Waals surface area contributed by atoms with Crippen molar-refractivity contribution >= 4 is 39.5 Å². The molecule has 7 atom stereocenters. The molecular weight excluding hydrogens is 741 g/mol. The molecule has 15 nitrogen and oxygen atoms in total. The SMILES string of the molecule is C=C[C@@H]1C[C@]1(NC(=O)[C@@H]1C[C@@H]2CN1C(=O)[C@H](C1CCCC1)NC(=O)O[C@@H]1CCC[C@H]1CC/C=C/Cc1c(nc3ccccn3c1=O)O2)C(=O)NS(=O)(=O)C1CC1. The Morgan fingerprint density at radius 3 is 2.52 bits per heavy atom. The van der Waals surface area contributed by atoms with Crippen molar-refractivity contribution in [3.63, 3.8) is 0 Å². The highest BCUT2D eigenvalue weighted by Gasteiger charge is 2.62. The van der Waals surface area contributed by atoms with Gasteiger partial charge < -0.3 is 25.0 Å². The van der Waals surface area contributed by atoms with Crippen LogP contribution in [0.4, 0.5) is 4.79 Å². The van der Waals surface area contributed by atoms with Crippen LogP contribution in [0.2, 0.25) is 0 Å². The van der Waals surface area contributed by atoms with E-state index >= 15 is 0 Å². The van der Waals surface area contributed by atoms with Gasteiger partial charge in [0.1, 0.15) is 35.5 Å². The maximum atomic E-state index is 14.8. The van der Waals surface area contributed by atoms with Crippen molar-refractivity contribution in [2.24, 2.45) is 17.8 Å². The topological polar surface area (TPSA) is 195 Å². The monoisotopic (exact) mass is 790 g/mol. The largest absolute Gasteiger partial charge is 0.472 e. The van der Waals surface area contributed by atoms with Crippen LogP contribution in [0.5, 0.6) is 5.88 Å². The van der Waals surface area contributed by atoms with E-state index in [-0.39, 0.29) is 55.2 Å². The summed E-state index contributed by atoms with van der Waals surface area (Å²) in [7, 11) is -3.92. The molecule has 0 aromatic carbocycles. The fourth-order valence-corrected chi connectivity index (χ4v) is 10.6. The maximum absolute atomic E-state index is 14.8. The molecule has 2 bridgehead atoms. The predicted octanol–water partition coefficient (Wildman–Crippen LogP) is 3.06. The number of hydrogen-bond acceptors (Lipinski definition) is 10. The summed E-state index contributed by atoms with van der Waals surface area (Å²) < 4.78 is 41.7. The molecule has 300 valence electrons. The van der Waals surface area contributed by atoms with Crippen LogP contribution >= 0.6 is 0 Å². The van der Waals surface area contributed by atoms with Gasteiger partial charge in [0.25, 0.3) is 11.5 Å². The molecule has 4 saturated carbocycles. The zero-order valence-corrected chi connectivity index (χ0v) is 32.2. The van der Waals surface area contributed by atoms with Crippen LogP contribution < -0.4 is 25.7 Å². The first kappa shape index (κ1) is 38.2. The molecule has 16 heteroatoms. The number of fused-ring (bicyclic) bond motifs is 5. The molecular formula is C40H50N6O9S. The molecule has 2 aromatic heterocycles. The first-order valence-corrected chi connectivity index (χ1v) is 21.6.